The zero-order valence-corrected chi connectivity index (χ0v) is 16.6. The second-order valence-electron chi connectivity index (χ2n) is 4.27. The second-order valence-corrected chi connectivity index (χ2v) is 19.3. The predicted octanol–water partition coefficient (Wildman–Crippen LogP) is -2.78. The van der Waals surface area contributed by atoms with Crippen molar-refractivity contribution in [2.75, 3.05) is 0 Å². The topological polar surface area (TPSA) is 0 Å². The van der Waals surface area contributed by atoms with E-state index in [9.17, 15) is 0 Å². The summed E-state index contributed by atoms with van der Waals surface area (Å²) >= 11 is -0.149. The van der Waals surface area contributed by atoms with E-state index in [4.69, 9.17) is 0 Å². The minimum absolute atomic E-state index is 0. The molecule has 0 N–H and O–H groups in total. The molecule has 0 aromatic heterocycles. The smallest absolute Gasteiger partial charge is 1.00 e. The van der Waals surface area contributed by atoms with Crippen LogP contribution >= 0.6 is 0 Å². The van der Waals surface area contributed by atoms with Gasteiger partial charge in [-0.3, -0.25) is 0 Å². The molecule has 1 atom stereocenters. The van der Waals surface area contributed by atoms with Crippen LogP contribution in [-0.4, -0.2) is 5.92 Å². The van der Waals surface area contributed by atoms with E-state index in [-0.39, 0.29) is 62.3 Å². The number of allylic oxidation sites excluding steroid dienone is 1. The molecule has 0 heterocycles. The van der Waals surface area contributed by atoms with Gasteiger partial charge in [-0.15, -0.1) is 0 Å². The fraction of sp³-hybridized carbons (Fsp3) is 0.333. The molecule has 0 radical (unpaired) electrons. The van der Waals surface area contributed by atoms with Gasteiger partial charge < -0.3 is 34.0 Å². The largest absolute Gasteiger partial charge is 1.00 e. The van der Waals surface area contributed by atoms with Crippen molar-refractivity contribution in [2.24, 2.45) is 0 Å². The van der Waals surface area contributed by atoms with Crippen LogP contribution in [0.1, 0.15) is 21.7 Å². The second kappa shape index (κ2) is 7.45. The van der Waals surface area contributed by atoms with Gasteiger partial charge in [0.15, 0.2) is 0 Å². The average Bonchev–Trinajstić information content (AvgIpc) is 2.43. The molecular weight excluding hydrogens is 423 g/mol. The Kier molecular flexibility index (Phi) is 7.93. The van der Waals surface area contributed by atoms with Gasteiger partial charge in [-0.1, -0.05) is 0 Å². The van der Waals surface area contributed by atoms with Crippen molar-refractivity contribution < 1.29 is 56.4 Å². The zero-order valence-electron chi connectivity index (χ0n) is 9.80. The van der Waals surface area contributed by atoms with Crippen LogP contribution in [0.15, 0.2) is 29.8 Å². The molecule has 0 amide bonds. The molecule has 1 aromatic carbocycles. The summed E-state index contributed by atoms with van der Waals surface area (Å²) in [5.74, 6) is -0.292. The Morgan fingerprint density at radius 1 is 1.12 bits per heavy atom. The van der Waals surface area contributed by atoms with Crippen LogP contribution in [0, 0.1) is 0 Å². The summed E-state index contributed by atoms with van der Waals surface area (Å²) in [5, 5.41) is 0. The third-order valence-corrected chi connectivity index (χ3v) is 12.9. The number of hydrogen-bond acceptors (Lipinski definition) is 0. The van der Waals surface area contributed by atoms with E-state index in [2.05, 4.69) is 50.4 Å². The monoisotopic (exact) mass is 436 g/mol. The Labute approximate surface area is 132 Å². The third kappa shape index (κ3) is 3.76. The molecule has 0 nitrogen and oxygen atoms in total. The minimum atomic E-state index is -0.292. The van der Waals surface area contributed by atoms with Crippen LogP contribution < -0.4 is 34.0 Å². The van der Waals surface area contributed by atoms with Gasteiger partial charge in [-0.05, 0) is 0 Å². The summed E-state index contributed by atoms with van der Waals surface area (Å²) in [6.07, 6.45) is 2.40. The number of rotatable bonds is 2. The van der Waals surface area contributed by atoms with Crippen LogP contribution in [-0.2, 0) is 22.4 Å². The van der Waals surface area contributed by atoms with Gasteiger partial charge in [0.2, 0.25) is 0 Å². The van der Waals surface area contributed by atoms with E-state index in [0.29, 0.717) is 0 Å². The molecule has 0 fully saturated rings. The molecule has 0 saturated carbocycles. The van der Waals surface area contributed by atoms with Crippen LogP contribution in [0.2, 0.25) is 13.1 Å². The molecule has 4 heteroatoms. The Hall–Kier alpha value is 1.02. The molecule has 1 aromatic rings. The Morgan fingerprint density at radius 2 is 1.75 bits per heavy atom. The van der Waals surface area contributed by atoms with Gasteiger partial charge in [0.05, 0.1) is 0 Å². The summed E-state index contributed by atoms with van der Waals surface area (Å²) in [6.45, 7) is 7.35. The molecule has 0 bridgehead atoms. The predicted molar refractivity (Wildman–Crippen MR) is 61.7 cm³/mol. The van der Waals surface area contributed by atoms with E-state index >= 15 is 0 Å². The van der Waals surface area contributed by atoms with Crippen molar-refractivity contribution in [1.82, 2.24) is 0 Å². The molecule has 1 aliphatic carbocycles. The Bertz CT molecular complexity index is 377. The fourth-order valence-electron chi connectivity index (χ4n) is 2.03. The normalized spacial score (nSPS) is 16.8. The summed E-state index contributed by atoms with van der Waals surface area (Å²) < 4.78 is 0.904. The van der Waals surface area contributed by atoms with Gasteiger partial charge >= 0.3 is 99.0 Å². The van der Waals surface area contributed by atoms with Gasteiger partial charge in [0.1, 0.15) is 0 Å². The summed E-state index contributed by atoms with van der Waals surface area (Å²) in [7, 11) is 0. The standard InChI is InChI=1S/C10H9.C2H7Si.2BrH.Zr/c1-8-6-9-4-2-3-5-10(9)7-8;1-3-2;;;/h2-7H,1H3;3H,1-2H3;2*1H;/q;;;;+2/p-2. The first-order chi connectivity index (χ1) is 6.68. The van der Waals surface area contributed by atoms with E-state index in [0.717, 1.165) is 3.63 Å². The van der Waals surface area contributed by atoms with Crippen LogP contribution in [0.4, 0.5) is 0 Å². The number of hydrogen-bond donors (Lipinski definition) is 0. The first-order valence-corrected chi connectivity index (χ1v) is 13.8. The van der Waals surface area contributed by atoms with Crippen molar-refractivity contribution in [3.8, 4) is 0 Å². The minimum Gasteiger partial charge on any atom is -1.00 e. The van der Waals surface area contributed by atoms with Crippen LogP contribution in [0.25, 0.3) is 6.08 Å². The Morgan fingerprint density at radius 3 is 2.38 bits per heavy atom. The fourth-order valence-corrected chi connectivity index (χ4v) is 12.2. The molecule has 0 aliphatic heterocycles. The number of halogens is 2. The van der Waals surface area contributed by atoms with Crippen molar-refractivity contribution >= 4 is 12.0 Å². The molecule has 2 rings (SSSR count). The van der Waals surface area contributed by atoms with Crippen molar-refractivity contribution in [1.29, 1.82) is 0 Å². The van der Waals surface area contributed by atoms with Gasteiger partial charge in [0.25, 0.3) is 0 Å². The summed E-state index contributed by atoms with van der Waals surface area (Å²) in [6, 6.07) is 8.95. The van der Waals surface area contributed by atoms with E-state index in [1.165, 1.54) is 5.56 Å². The average molecular weight is 439 g/mol. The first-order valence-electron chi connectivity index (χ1n) is 5.21. The van der Waals surface area contributed by atoms with Crippen molar-refractivity contribution in [3.05, 3.63) is 41.0 Å². The van der Waals surface area contributed by atoms with Crippen molar-refractivity contribution in [3.63, 3.8) is 0 Å². The molecule has 0 spiro atoms. The zero-order chi connectivity index (χ0) is 10.1. The van der Waals surface area contributed by atoms with Gasteiger partial charge in [-0.2, -0.15) is 0 Å². The molecular formula is C12H16Br2SiZr. The maximum Gasteiger partial charge on any atom is -1.00 e. The van der Waals surface area contributed by atoms with Gasteiger partial charge in [-0.25, -0.2) is 0 Å². The quantitative estimate of drug-likeness (QED) is 0.438. The van der Waals surface area contributed by atoms with Crippen molar-refractivity contribution in [2.45, 2.75) is 23.6 Å². The Balaban J connectivity index is 0.00000112. The molecule has 86 valence electrons. The number of benzene rings is 1. The van der Waals surface area contributed by atoms with E-state index in [1.54, 1.807) is 11.1 Å². The van der Waals surface area contributed by atoms with Gasteiger partial charge in [0, 0.05) is 0 Å². The van der Waals surface area contributed by atoms with E-state index in [1.807, 2.05) is 0 Å². The maximum atomic E-state index is 2.51. The summed E-state index contributed by atoms with van der Waals surface area (Å²) in [5.41, 5.74) is 4.77. The maximum absolute atomic E-state index is 2.51. The van der Waals surface area contributed by atoms with Crippen LogP contribution in [0.3, 0.4) is 0 Å². The van der Waals surface area contributed by atoms with Crippen LogP contribution in [0.5, 0.6) is 0 Å². The molecule has 1 unspecified atom stereocenters. The third-order valence-electron chi connectivity index (χ3n) is 2.65. The molecule has 16 heavy (non-hydrogen) atoms. The molecule has 0 saturated heterocycles. The summed E-state index contributed by atoms with van der Waals surface area (Å²) in [4.78, 5) is 0. The number of fused-ring (bicyclic) bond motifs is 1. The first kappa shape index (κ1) is 17.0. The van der Waals surface area contributed by atoms with E-state index < -0.39 is 0 Å². The molecule has 1 aliphatic rings. The SMILES string of the molecule is CC1=Cc2ccccc2[CH]1[Zr+2][SiH](C)C.[Br-].[Br-].